The highest BCUT2D eigenvalue weighted by molar-refractivity contribution is 6.10. The fraction of sp³-hybridized carbons (Fsp3) is 0.133. The van der Waals surface area contributed by atoms with Gasteiger partial charge in [-0.25, -0.2) is 8.78 Å². The van der Waals surface area contributed by atoms with E-state index in [1.807, 2.05) is 0 Å². The van der Waals surface area contributed by atoms with Gasteiger partial charge in [-0.2, -0.15) is 13.2 Å². The van der Waals surface area contributed by atoms with E-state index in [1.165, 1.54) is 6.07 Å². The number of rotatable bonds is 2. The van der Waals surface area contributed by atoms with E-state index in [1.54, 1.807) is 6.92 Å². The number of hydrogen-bond acceptors (Lipinski definition) is 1. The monoisotopic (exact) mass is 300 g/mol. The Morgan fingerprint density at radius 1 is 0.952 bits per heavy atom. The van der Waals surface area contributed by atoms with Gasteiger partial charge in [0.2, 0.25) is 0 Å². The summed E-state index contributed by atoms with van der Waals surface area (Å²) in [5, 5.41) is 0. The fourth-order valence-corrected chi connectivity index (χ4v) is 1.91. The molecule has 2 rings (SSSR count). The molecular formula is C15H9F5O. The zero-order valence-corrected chi connectivity index (χ0v) is 10.8. The molecule has 0 saturated carbocycles. The van der Waals surface area contributed by atoms with Crippen LogP contribution in [0.3, 0.4) is 0 Å². The van der Waals surface area contributed by atoms with E-state index in [9.17, 15) is 26.7 Å². The van der Waals surface area contributed by atoms with Gasteiger partial charge in [-0.3, -0.25) is 4.79 Å². The van der Waals surface area contributed by atoms with Gasteiger partial charge in [0.15, 0.2) is 5.78 Å². The van der Waals surface area contributed by atoms with Crippen molar-refractivity contribution in [1.29, 1.82) is 0 Å². The van der Waals surface area contributed by atoms with E-state index in [4.69, 9.17) is 0 Å². The zero-order valence-electron chi connectivity index (χ0n) is 10.8. The van der Waals surface area contributed by atoms with Crippen molar-refractivity contribution < 1.29 is 26.7 Å². The lowest BCUT2D eigenvalue weighted by Crippen LogP contribution is -2.15. The minimum Gasteiger partial charge on any atom is -0.288 e. The van der Waals surface area contributed by atoms with Crippen LogP contribution in [-0.2, 0) is 6.18 Å². The average molecular weight is 300 g/mol. The number of carbonyl (C=O) groups excluding carboxylic acids is 1. The van der Waals surface area contributed by atoms with Gasteiger partial charge >= 0.3 is 6.18 Å². The van der Waals surface area contributed by atoms with Crippen LogP contribution in [0.1, 0.15) is 27.0 Å². The number of benzene rings is 2. The normalized spacial score (nSPS) is 11.5. The van der Waals surface area contributed by atoms with Crippen molar-refractivity contribution in [3.05, 3.63) is 70.3 Å². The second-order valence-corrected chi connectivity index (χ2v) is 4.50. The maximum atomic E-state index is 13.6. The van der Waals surface area contributed by atoms with Crippen molar-refractivity contribution >= 4 is 5.78 Å². The quantitative estimate of drug-likeness (QED) is 0.588. The highest BCUT2D eigenvalue weighted by Gasteiger charge is 2.36. The molecule has 0 unspecified atom stereocenters. The second kappa shape index (κ2) is 5.27. The predicted octanol–water partition coefficient (Wildman–Crippen LogP) is 4.52. The summed E-state index contributed by atoms with van der Waals surface area (Å²) in [5.41, 5.74) is -2.22. The highest BCUT2D eigenvalue weighted by atomic mass is 19.4. The Morgan fingerprint density at radius 2 is 1.62 bits per heavy atom. The minimum atomic E-state index is -4.83. The fourth-order valence-electron chi connectivity index (χ4n) is 1.91. The van der Waals surface area contributed by atoms with Gasteiger partial charge in [0, 0.05) is 5.56 Å². The summed E-state index contributed by atoms with van der Waals surface area (Å²) in [6, 6.07) is 5.02. The molecule has 0 aromatic heterocycles. The Hall–Kier alpha value is -2.24. The van der Waals surface area contributed by atoms with E-state index in [-0.39, 0.29) is 0 Å². The Kier molecular flexibility index (Phi) is 3.80. The first kappa shape index (κ1) is 15.2. The summed E-state index contributed by atoms with van der Waals surface area (Å²) in [6.45, 7) is 1.56. The van der Waals surface area contributed by atoms with Crippen molar-refractivity contribution in [3.8, 4) is 0 Å². The Balaban J connectivity index is 2.63. The van der Waals surface area contributed by atoms with Crippen molar-refractivity contribution in [3.63, 3.8) is 0 Å². The van der Waals surface area contributed by atoms with Gasteiger partial charge in [-0.1, -0.05) is 11.6 Å². The van der Waals surface area contributed by atoms with E-state index in [0.29, 0.717) is 23.8 Å². The van der Waals surface area contributed by atoms with Crippen LogP contribution in [0, 0.1) is 18.6 Å². The summed E-state index contributed by atoms with van der Waals surface area (Å²) in [4.78, 5) is 12.1. The second-order valence-electron chi connectivity index (χ2n) is 4.50. The first-order valence-corrected chi connectivity index (χ1v) is 5.88. The van der Waals surface area contributed by atoms with Crippen LogP contribution in [0.15, 0.2) is 36.4 Å². The largest absolute Gasteiger partial charge is 0.417 e. The van der Waals surface area contributed by atoms with Gasteiger partial charge in [0.05, 0.1) is 11.1 Å². The third-order valence-corrected chi connectivity index (χ3v) is 2.90. The van der Waals surface area contributed by atoms with E-state index in [2.05, 4.69) is 0 Å². The molecule has 0 N–H and O–H groups in total. The van der Waals surface area contributed by atoms with Crippen molar-refractivity contribution in [1.82, 2.24) is 0 Å². The first-order chi connectivity index (χ1) is 9.70. The van der Waals surface area contributed by atoms with Crippen LogP contribution < -0.4 is 0 Å². The number of halogens is 5. The standard InChI is InChI=1S/C15H9F5O/c1-8-2-5-13(17)11(6-8)14(21)10-7-9(16)3-4-12(10)15(18,19)20/h2-7H,1H3. The zero-order chi connectivity index (χ0) is 15.8. The van der Waals surface area contributed by atoms with Gasteiger partial charge in [0.25, 0.3) is 0 Å². The summed E-state index contributed by atoms with van der Waals surface area (Å²) < 4.78 is 65.4. The van der Waals surface area contributed by atoms with Crippen molar-refractivity contribution in [2.75, 3.05) is 0 Å². The molecule has 0 aliphatic rings. The number of aryl methyl sites for hydroxylation is 1. The lowest BCUT2D eigenvalue weighted by Gasteiger charge is -2.12. The molecule has 1 nitrogen and oxygen atoms in total. The van der Waals surface area contributed by atoms with Gasteiger partial charge in [-0.15, -0.1) is 0 Å². The molecular weight excluding hydrogens is 291 g/mol. The van der Waals surface area contributed by atoms with E-state index >= 15 is 0 Å². The van der Waals surface area contributed by atoms with Crippen molar-refractivity contribution in [2.24, 2.45) is 0 Å². The molecule has 0 fully saturated rings. The topological polar surface area (TPSA) is 17.1 Å². The summed E-state index contributed by atoms with van der Waals surface area (Å²) in [5.74, 6) is -3.16. The first-order valence-electron chi connectivity index (χ1n) is 5.88. The van der Waals surface area contributed by atoms with E-state index in [0.717, 1.165) is 12.1 Å². The smallest absolute Gasteiger partial charge is 0.288 e. The van der Waals surface area contributed by atoms with Crippen LogP contribution in [0.4, 0.5) is 22.0 Å². The number of carbonyl (C=O) groups is 1. The molecule has 0 spiro atoms. The summed E-state index contributed by atoms with van der Waals surface area (Å²) in [6.07, 6.45) is -4.83. The van der Waals surface area contributed by atoms with Gasteiger partial charge in [-0.05, 0) is 37.3 Å². The highest BCUT2D eigenvalue weighted by Crippen LogP contribution is 2.33. The third kappa shape index (κ3) is 3.09. The molecule has 0 atom stereocenters. The lowest BCUT2D eigenvalue weighted by atomic mass is 9.96. The minimum absolute atomic E-state index is 0.465. The molecule has 6 heteroatoms. The third-order valence-electron chi connectivity index (χ3n) is 2.90. The maximum Gasteiger partial charge on any atom is 0.417 e. The predicted molar refractivity (Wildman–Crippen MR) is 66.0 cm³/mol. The molecule has 0 bridgehead atoms. The van der Waals surface area contributed by atoms with Crippen LogP contribution >= 0.6 is 0 Å². The molecule has 0 saturated heterocycles. The lowest BCUT2D eigenvalue weighted by molar-refractivity contribution is -0.137. The van der Waals surface area contributed by atoms with E-state index < -0.39 is 40.3 Å². The number of hydrogen-bond donors (Lipinski definition) is 0. The average Bonchev–Trinajstić information content (AvgIpc) is 2.39. The Morgan fingerprint density at radius 3 is 2.24 bits per heavy atom. The molecule has 0 radical (unpaired) electrons. The van der Waals surface area contributed by atoms with Gasteiger partial charge in [0.1, 0.15) is 11.6 Å². The van der Waals surface area contributed by atoms with Crippen LogP contribution in [0.2, 0.25) is 0 Å². The maximum absolute atomic E-state index is 13.6. The molecule has 0 amide bonds. The van der Waals surface area contributed by atoms with Crippen molar-refractivity contribution in [2.45, 2.75) is 13.1 Å². The molecule has 0 heterocycles. The molecule has 2 aromatic rings. The molecule has 21 heavy (non-hydrogen) atoms. The number of ketones is 1. The van der Waals surface area contributed by atoms with Crippen LogP contribution in [-0.4, -0.2) is 5.78 Å². The van der Waals surface area contributed by atoms with Crippen LogP contribution in [0.25, 0.3) is 0 Å². The van der Waals surface area contributed by atoms with Gasteiger partial charge < -0.3 is 0 Å². The molecule has 0 aliphatic heterocycles. The Bertz CT molecular complexity index is 704. The Labute approximate surface area is 117 Å². The van der Waals surface area contributed by atoms with Crippen LogP contribution in [0.5, 0.6) is 0 Å². The summed E-state index contributed by atoms with van der Waals surface area (Å²) in [7, 11) is 0. The molecule has 0 aliphatic carbocycles. The molecule has 110 valence electrons. The molecule has 2 aromatic carbocycles. The SMILES string of the molecule is Cc1ccc(F)c(C(=O)c2cc(F)ccc2C(F)(F)F)c1. The number of alkyl halides is 3. The summed E-state index contributed by atoms with van der Waals surface area (Å²) >= 11 is 0.